The van der Waals surface area contributed by atoms with Crippen LogP contribution in [-0.4, -0.2) is 50.8 Å². The van der Waals surface area contributed by atoms with Gasteiger partial charge in [-0.05, 0) is 43.7 Å². The Morgan fingerprint density at radius 3 is 2.43 bits per heavy atom. The van der Waals surface area contributed by atoms with Crippen LogP contribution in [0.1, 0.15) is 18.1 Å². The zero-order chi connectivity index (χ0) is 20.9. The summed E-state index contributed by atoms with van der Waals surface area (Å²) in [5, 5.41) is 0. The second-order valence-electron chi connectivity index (χ2n) is 6.46. The van der Waals surface area contributed by atoms with Crippen LogP contribution in [0.5, 0.6) is 5.75 Å². The van der Waals surface area contributed by atoms with Crippen LogP contribution < -0.4 is 4.74 Å². The van der Waals surface area contributed by atoms with Gasteiger partial charge in [-0.3, -0.25) is 4.79 Å². The van der Waals surface area contributed by atoms with Crippen molar-refractivity contribution in [3.05, 3.63) is 59.4 Å². The smallest absolute Gasteiger partial charge is 0.243 e. The summed E-state index contributed by atoms with van der Waals surface area (Å²) < 4.78 is 45.7. The predicted octanol–water partition coefficient (Wildman–Crippen LogP) is 2.81. The lowest BCUT2D eigenvalue weighted by Crippen LogP contribution is -2.39. The molecule has 0 fully saturated rings. The van der Waals surface area contributed by atoms with Crippen molar-refractivity contribution in [3.63, 3.8) is 0 Å². The number of aryl methyl sites for hydroxylation is 1. The first-order valence-corrected chi connectivity index (χ1v) is 10.3. The molecule has 152 valence electrons. The summed E-state index contributed by atoms with van der Waals surface area (Å²) in [6.45, 7) is 3.80. The molecule has 0 radical (unpaired) electrons. The van der Waals surface area contributed by atoms with Gasteiger partial charge in [0.25, 0.3) is 0 Å². The van der Waals surface area contributed by atoms with E-state index in [2.05, 4.69) is 0 Å². The maximum absolute atomic E-state index is 13.8. The molecule has 2 aromatic rings. The highest BCUT2D eigenvalue weighted by Gasteiger charge is 2.25. The van der Waals surface area contributed by atoms with Crippen molar-refractivity contribution in [1.29, 1.82) is 0 Å². The van der Waals surface area contributed by atoms with Gasteiger partial charge >= 0.3 is 0 Å². The van der Waals surface area contributed by atoms with Crippen LogP contribution in [0.25, 0.3) is 0 Å². The zero-order valence-electron chi connectivity index (χ0n) is 16.5. The Balaban J connectivity index is 2.09. The maximum Gasteiger partial charge on any atom is 0.243 e. The minimum atomic E-state index is -3.85. The number of ether oxygens (including phenoxy) is 1. The molecule has 0 spiro atoms. The highest BCUT2D eigenvalue weighted by molar-refractivity contribution is 7.89. The number of benzene rings is 2. The first kappa shape index (κ1) is 21.8. The van der Waals surface area contributed by atoms with Crippen LogP contribution in [0.2, 0.25) is 0 Å². The van der Waals surface area contributed by atoms with Crippen molar-refractivity contribution in [2.45, 2.75) is 25.3 Å². The number of hydrogen-bond acceptors (Lipinski definition) is 4. The third-order valence-electron chi connectivity index (χ3n) is 4.30. The van der Waals surface area contributed by atoms with E-state index in [-0.39, 0.29) is 18.0 Å². The van der Waals surface area contributed by atoms with Crippen molar-refractivity contribution in [2.24, 2.45) is 0 Å². The molecule has 0 aliphatic rings. The van der Waals surface area contributed by atoms with E-state index in [1.807, 2.05) is 6.92 Å². The van der Waals surface area contributed by atoms with Crippen LogP contribution in [0.4, 0.5) is 4.39 Å². The molecule has 0 N–H and O–H groups in total. The fourth-order valence-electron chi connectivity index (χ4n) is 2.65. The summed E-state index contributed by atoms with van der Waals surface area (Å²) in [6.07, 6.45) is 0. The molecule has 0 bridgehead atoms. The van der Waals surface area contributed by atoms with Gasteiger partial charge in [0.15, 0.2) is 0 Å². The average Bonchev–Trinajstić information content (AvgIpc) is 2.65. The number of nitrogens with zero attached hydrogens (tertiary/aromatic N) is 2. The lowest BCUT2D eigenvalue weighted by atomic mass is 10.2. The molecule has 6 nitrogen and oxygen atoms in total. The van der Waals surface area contributed by atoms with E-state index >= 15 is 0 Å². The van der Waals surface area contributed by atoms with E-state index in [0.717, 1.165) is 4.31 Å². The third kappa shape index (κ3) is 5.08. The van der Waals surface area contributed by atoms with Gasteiger partial charge in [0, 0.05) is 26.2 Å². The van der Waals surface area contributed by atoms with Gasteiger partial charge < -0.3 is 9.64 Å². The summed E-state index contributed by atoms with van der Waals surface area (Å²) in [6, 6.07) is 10.7. The Kier molecular flexibility index (Phi) is 7.15. The van der Waals surface area contributed by atoms with Crippen LogP contribution in [0.3, 0.4) is 0 Å². The second kappa shape index (κ2) is 9.16. The molecule has 2 aromatic carbocycles. The third-order valence-corrected chi connectivity index (χ3v) is 6.10. The topological polar surface area (TPSA) is 66.9 Å². The van der Waals surface area contributed by atoms with Crippen molar-refractivity contribution in [3.8, 4) is 5.75 Å². The molecular weight excluding hydrogens is 383 g/mol. The fourth-order valence-corrected chi connectivity index (χ4v) is 3.85. The SMILES string of the molecule is CCOc1ccc(S(=O)(=O)N(C)CC(=O)N(C)Cc2ccccc2F)cc1C. The molecule has 0 atom stereocenters. The van der Waals surface area contributed by atoms with Crippen molar-refractivity contribution in [2.75, 3.05) is 27.2 Å². The summed E-state index contributed by atoms with van der Waals surface area (Å²) in [5.74, 6) is -0.227. The Morgan fingerprint density at radius 1 is 1.14 bits per heavy atom. The monoisotopic (exact) mass is 408 g/mol. The summed E-state index contributed by atoms with van der Waals surface area (Å²) in [4.78, 5) is 13.8. The highest BCUT2D eigenvalue weighted by atomic mass is 32.2. The Hall–Kier alpha value is -2.45. The molecule has 0 aliphatic heterocycles. The number of halogens is 1. The lowest BCUT2D eigenvalue weighted by molar-refractivity contribution is -0.130. The quantitative estimate of drug-likeness (QED) is 0.674. The summed E-state index contributed by atoms with van der Waals surface area (Å²) >= 11 is 0. The maximum atomic E-state index is 13.8. The molecule has 28 heavy (non-hydrogen) atoms. The van der Waals surface area contributed by atoms with E-state index in [0.29, 0.717) is 23.5 Å². The van der Waals surface area contributed by atoms with E-state index in [1.54, 1.807) is 31.2 Å². The summed E-state index contributed by atoms with van der Waals surface area (Å²) in [5.41, 5.74) is 1.06. The molecule has 0 aliphatic carbocycles. The molecule has 8 heteroatoms. The van der Waals surface area contributed by atoms with Crippen LogP contribution >= 0.6 is 0 Å². The molecular formula is C20H25FN2O4S. The largest absolute Gasteiger partial charge is 0.494 e. The summed E-state index contributed by atoms with van der Waals surface area (Å²) in [7, 11) is -0.993. The molecule has 2 rings (SSSR count). The molecule has 1 amide bonds. The molecule has 0 saturated carbocycles. The number of carbonyl (C=O) groups is 1. The van der Waals surface area contributed by atoms with Crippen LogP contribution in [-0.2, 0) is 21.4 Å². The van der Waals surface area contributed by atoms with E-state index in [9.17, 15) is 17.6 Å². The standard InChI is InChI=1S/C20H25FN2O4S/c1-5-27-19-11-10-17(12-15(19)2)28(25,26)23(4)14-20(24)22(3)13-16-8-6-7-9-18(16)21/h6-12H,5,13-14H2,1-4H3. The second-order valence-corrected chi connectivity index (χ2v) is 8.51. The van der Waals surface area contributed by atoms with Gasteiger partial charge in [-0.2, -0.15) is 4.31 Å². The van der Waals surface area contributed by atoms with Crippen molar-refractivity contribution >= 4 is 15.9 Å². The molecule has 0 heterocycles. The van der Waals surface area contributed by atoms with Gasteiger partial charge in [0.05, 0.1) is 18.0 Å². The highest BCUT2D eigenvalue weighted by Crippen LogP contribution is 2.23. The molecule has 0 aromatic heterocycles. The first-order valence-electron chi connectivity index (χ1n) is 8.84. The fraction of sp³-hybridized carbons (Fsp3) is 0.350. The number of carbonyl (C=O) groups excluding carboxylic acids is 1. The predicted molar refractivity (Wildman–Crippen MR) is 105 cm³/mol. The number of hydrogen-bond donors (Lipinski definition) is 0. The Bertz CT molecular complexity index is 947. The number of amides is 1. The number of likely N-dealkylation sites (N-methyl/N-ethyl adjacent to an activating group) is 2. The number of sulfonamides is 1. The van der Waals surface area contributed by atoms with Gasteiger partial charge in [-0.15, -0.1) is 0 Å². The Morgan fingerprint density at radius 2 is 1.82 bits per heavy atom. The minimum Gasteiger partial charge on any atom is -0.494 e. The minimum absolute atomic E-state index is 0.0571. The first-order chi connectivity index (χ1) is 13.2. The van der Waals surface area contributed by atoms with Gasteiger partial charge in [-0.25, -0.2) is 12.8 Å². The normalized spacial score (nSPS) is 11.5. The van der Waals surface area contributed by atoms with E-state index in [4.69, 9.17) is 4.74 Å². The molecule has 0 saturated heterocycles. The van der Waals surface area contributed by atoms with E-state index < -0.39 is 21.7 Å². The Labute approximate surface area is 165 Å². The van der Waals surface area contributed by atoms with Gasteiger partial charge in [0.2, 0.25) is 15.9 Å². The zero-order valence-corrected chi connectivity index (χ0v) is 17.3. The van der Waals surface area contributed by atoms with Crippen molar-refractivity contribution in [1.82, 2.24) is 9.21 Å². The average molecular weight is 408 g/mol. The van der Waals surface area contributed by atoms with Crippen LogP contribution in [0, 0.1) is 12.7 Å². The van der Waals surface area contributed by atoms with Gasteiger partial charge in [0.1, 0.15) is 11.6 Å². The van der Waals surface area contributed by atoms with Crippen LogP contribution in [0.15, 0.2) is 47.4 Å². The number of rotatable bonds is 8. The lowest BCUT2D eigenvalue weighted by Gasteiger charge is -2.22. The molecule has 0 unspecified atom stereocenters. The van der Waals surface area contributed by atoms with Gasteiger partial charge in [-0.1, -0.05) is 18.2 Å². The van der Waals surface area contributed by atoms with E-state index in [1.165, 1.54) is 37.2 Å². The van der Waals surface area contributed by atoms with Crippen molar-refractivity contribution < 1.29 is 22.3 Å².